The van der Waals surface area contributed by atoms with E-state index < -0.39 is 5.41 Å². The number of amides is 2. The number of hydrogen-bond acceptors (Lipinski definition) is 6. The van der Waals surface area contributed by atoms with Crippen molar-refractivity contribution < 1.29 is 9.59 Å². The number of anilines is 1. The van der Waals surface area contributed by atoms with Gasteiger partial charge in [-0.3, -0.25) is 9.59 Å². The standard InChI is InChI=1S/C24H27N5O2S/c1-28(2)23-26-14-19(15-27-23)21(30)29-10-5-9-24(16-29,22(25)31)13-17-6-3-7-18(12-17)20-8-4-11-32-20/h3-4,6-8,11-12,14-15H,5,9-10,13,16H2,1-2H3,(H2,25,31)/t24-/m0/s1. The van der Waals surface area contributed by atoms with Gasteiger partial charge in [0.15, 0.2) is 0 Å². The van der Waals surface area contributed by atoms with Gasteiger partial charge in [0.25, 0.3) is 5.91 Å². The molecule has 3 aromatic rings. The summed E-state index contributed by atoms with van der Waals surface area (Å²) in [6.45, 7) is 0.873. The van der Waals surface area contributed by atoms with E-state index in [0.29, 0.717) is 37.4 Å². The minimum absolute atomic E-state index is 0.173. The summed E-state index contributed by atoms with van der Waals surface area (Å²) in [5, 5.41) is 2.05. The lowest BCUT2D eigenvalue weighted by atomic mass is 9.74. The Balaban J connectivity index is 1.56. The third-order valence-corrected chi connectivity index (χ3v) is 6.87. The van der Waals surface area contributed by atoms with Gasteiger partial charge >= 0.3 is 0 Å². The van der Waals surface area contributed by atoms with Crippen LogP contribution in [0.15, 0.2) is 54.2 Å². The molecule has 166 valence electrons. The highest BCUT2D eigenvalue weighted by molar-refractivity contribution is 7.13. The molecule has 1 saturated heterocycles. The fourth-order valence-electron chi connectivity index (χ4n) is 4.25. The van der Waals surface area contributed by atoms with Gasteiger partial charge in [0.05, 0.1) is 11.0 Å². The second-order valence-corrected chi connectivity index (χ2v) is 9.44. The van der Waals surface area contributed by atoms with Gasteiger partial charge < -0.3 is 15.5 Å². The third kappa shape index (κ3) is 4.50. The van der Waals surface area contributed by atoms with Gasteiger partial charge in [-0.25, -0.2) is 9.97 Å². The lowest BCUT2D eigenvalue weighted by Crippen LogP contribution is -2.53. The zero-order valence-corrected chi connectivity index (χ0v) is 19.1. The predicted octanol–water partition coefficient (Wildman–Crippen LogP) is 3.22. The third-order valence-electron chi connectivity index (χ3n) is 5.95. The summed E-state index contributed by atoms with van der Waals surface area (Å²) in [5.74, 6) is 0.000925. The van der Waals surface area contributed by atoms with Crippen molar-refractivity contribution in [3.63, 3.8) is 0 Å². The van der Waals surface area contributed by atoms with E-state index in [1.807, 2.05) is 37.7 Å². The van der Waals surface area contributed by atoms with Crippen LogP contribution in [-0.4, -0.2) is 53.9 Å². The molecule has 0 aliphatic carbocycles. The number of primary amides is 1. The highest BCUT2D eigenvalue weighted by Gasteiger charge is 2.42. The molecule has 0 unspecified atom stereocenters. The maximum absolute atomic E-state index is 13.1. The van der Waals surface area contributed by atoms with Crippen molar-refractivity contribution in [1.82, 2.24) is 14.9 Å². The molecule has 1 aromatic carbocycles. The maximum Gasteiger partial charge on any atom is 0.257 e. The lowest BCUT2D eigenvalue weighted by molar-refractivity contribution is -0.130. The normalized spacial score (nSPS) is 18.4. The summed E-state index contributed by atoms with van der Waals surface area (Å²) in [5.41, 5.74) is 7.71. The molecule has 1 atom stereocenters. The number of carbonyl (C=O) groups excluding carboxylic acids is 2. The maximum atomic E-state index is 13.1. The lowest BCUT2D eigenvalue weighted by Gasteiger charge is -2.41. The average Bonchev–Trinajstić information content (AvgIpc) is 3.34. The number of rotatable bonds is 6. The first-order chi connectivity index (χ1) is 15.4. The highest BCUT2D eigenvalue weighted by atomic mass is 32.1. The van der Waals surface area contributed by atoms with Gasteiger partial charge in [-0.1, -0.05) is 30.3 Å². The number of aromatic nitrogens is 2. The van der Waals surface area contributed by atoms with Crippen molar-refractivity contribution in [3.05, 3.63) is 65.3 Å². The number of hydrogen-bond donors (Lipinski definition) is 1. The number of piperidine rings is 1. The van der Waals surface area contributed by atoms with Crippen molar-refractivity contribution in [2.24, 2.45) is 11.1 Å². The Kier molecular flexibility index (Phi) is 6.23. The first-order valence-electron chi connectivity index (χ1n) is 10.6. The van der Waals surface area contributed by atoms with Crippen LogP contribution in [0.25, 0.3) is 10.4 Å². The van der Waals surface area contributed by atoms with Gasteiger partial charge in [-0.05, 0) is 41.8 Å². The molecular weight excluding hydrogens is 422 g/mol. The predicted molar refractivity (Wildman–Crippen MR) is 127 cm³/mol. The largest absolute Gasteiger partial charge is 0.369 e. The van der Waals surface area contributed by atoms with E-state index in [1.165, 1.54) is 17.3 Å². The Bertz CT molecular complexity index is 1100. The number of nitrogens with zero attached hydrogens (tertiary/aromatic N) is 4. The minimum atomic E-state index is -0.799. The Morgan fingerprint density at radius 3 is 2.62 bits per heavy atom. The number of likely N-dealkylation sites (tertiary alicyclic amines) is 1. The molecule has 0 spiro atoms. The van der Waals surface area contributed by atoms with Gasteiger partial charge in [0, 0.05) is 44.5 Å². The summed E-state index contributed by atoms with van der Waals surface area (Å²) in [6.07, 6.45) is 4.95. The molecule has 8 heteroatoms. The highest BCUT2D eigenvalue weighted by Crippen LogP contribution is 2.35. The molecule has 4 rings (SSSR count). The molecule has 0 radical (unpaired) electrons. The number of benzene rings is 1. The summed E-state index contributed by atoms with van der Waals surface area (Å²) >= 11 is 1.68. The molecule has 1 aliphatic rings. The van der Waals surface area contributed by atoms with Crippen molar-refractivity contribution in [2.45, 2.75) is 19.3 Å². The molecule has 2 aromatic heterocycles. The molecule has 1 fully saturated rings. The van der Waals surface area contributed by atoms with E-state index in [4.69, 9.17) is 5.73 Å². The van der Waals surface area contributed by atoms with Crippen LogP contribution in [0.5, 0.6) is 0 Å². The summed E-state index contributed by atoms with van der Waals surface area (Å²) < 4.78 is 0. The SMILES string of the molecule is CN(C)c1ncc(C(=O)N2CCC[C@@](Cc3cccc(-c4cccs4)c3)(C(N)=O)C2)cn1. The van der Waals surface area contributed by atoms with E-state index in [0.717, 1.165) is 17.5 Å². The molecular formula is C24H27N5O2S. The molecule has 1 aliphatic heterocycles. The van der Waals surface area contributed by atoms with Crippen molar-refractivity contribution in [2.75, 3.05) is 32.1 Å². The summed E-state index contributed by atoms with van der Waals surface area (Å²) in [4.78, 5) is 39.0. The Morgan fingerprint density at radius 2 is 1.97 bits per heavy atom. The van der Waals surface area contributed by atoms with Crippen LogP contribution in [0, 0.1) is 5.41 Å². The van der Waals surface area contributed by atoms with Crippen LogP contribution in [0.2, 0.25) is 0 Å². The van der Waals surface area contributed by atoms with E-state index in [2.05, 4.69) is 28.2 Å². The Hall–Kier alpha value is -3.26. The van der Waals surface area contributed by atoms with Crippen molar-refractivity contribution in [3.8, 4) is 10.4 Å². The Morgan fingerprint density at radius 1 is 1.19 bits per heavy atom. The fraction of sp³-hybridized carbons (Fsp3) is 0.333. The minimum Gasteiger partial charge on any atom is -0.369 e. The van der Waals surface area contributed by atoms with E-state index in [-0.39, 0.29) is 11.8 Å². The van der Waals surface area contributed by atoms with Crippen LogP contribution < -0.4 is 10.6 Å². The van der Waals surface area contributed by atoms with E-state index in [9.17, 15) is 9.59 Å². The Labute approximate surface area is 191 Å². The smallest absolute Gasteiger partial charge is 0.257 e. The van der Waals surface area contributed by atoms with Crippen molar-refractivity contribution >= 4 is 29.1 Å². The van der Waals surface area contributed by atoms with Crippen LogP contribution in [0.3, 0.4) is 0 Å². The summed E-state index contributed by atoms with van der Waals surface area (Å²) in [6, 6.07) is 12.3. The number of nitrogens with two attached hydrogens (primary N) is 1. The number of thiophene rings is 1. The van der Waals surface area contributed by atoms with E-state index >= 15 is 0 Å². The van der Waals surface area contributed by atoms with Gasteiger partial charge in [0.1, 0.15) is 0 Å². The summed E-state index contributed by atoms with van der Waals surface area (Å²) in [7, 11) is 3.69. The second-order valence-electron chi connectivity index (χ2n) is 8.50. The quantitative estimate of drug-likeness (QED) is 0.624. The molecule has 3 heterocycles. The van der Waals surface area contributed by atoms with Crippen molar-refractivity contribution in [1.29, 1.82) is 0 Å². The van der Waals surface area contributed by atoms with Gasteiger partial charge in [-0.15, -0.1) is 11.3 Å². The molecule has 32 heavy (non-hydrogen) atoms. The fourth-order valence-corrected chi connectivity index (χ4v) is 4.97. The zero-order chi connectivity index (χ0) is 22.7. The molecule has 0 bridgehead atoms. The topological polar surface area (TPSA) is 92.4 Å². The zero-order valence-electron chi connectivity index (χ0n) is 18.3. The van der Waals surface area contributed by atoms with Crippen LogP contribution in [-0.2, 0) is 11.2 Å². The average molecular weight is 450 g/mol. The molecule has 2 N–H and O–H groups in total. The van der Waals surface area contributed by atoms with E-state index in [1.54, 1.807) is 21.1 Å². The van der Waals surface area contributed by atoms with Crippen LogP contribution in [0.4, 0.5) is 5.95 Å². The first kappa shape index (κ1) is 22.0. The monoisotopic (exact) mass is 449 g/mol. The number of carbonyl (C=O) groups is 2. The van der Waals surface area contributed by atoms with Gasteiger partial charge in [-0.2, -0.15) is 0 Å². The van der Waals surface area contributed by atoms with Crippen LogP contribution in [0.1, 0.15) is 28.8 Å². The second kappa shape index (κ2) is 9.08. The van der Waals surface area contributed by atoms with Crippen LogP contribution >= 0.6 is 11.3 Å². The molecule has 0 saturated carbocycles. The van der Waals surface area contributed by atoms with Gasteiger partial charge in [0.2, 0.25) is 11.9 Å². The molecule has 7 nitrogen and oxygen atoms in total. The molecule has 2 amide bonds. The first-order valence-corrected chi connectivity index (χ1v) is 11.5.